The largest absolute Gasteiger partial charge is 0.461 e. The van der Waals surface area contributed by atoms with Gasteiger partial charge in [0.25, 0.3) is 0 Å². The molecule has 2 saturated heterocycles. The molecule has 1 unspecified atom stereocenters. The number of rotatable bonds is 7. The molecule has 1 aromatic carbocycles. The van der Waals surface area contributed by atoms with Gasteiger partial charge in [-0.1, -0.05) is 36.4 Å². The number of aromatic nitrogens is 5. The molecule has 2 aliphatic rings. The van der Waals surface area contributed by atoms with E-state index in [2.05, 4.69) is 38.2 Å². The summed E-state index contributed by atoms with van der Waals surface area (Å²) in [5.74, 6) is -0.273. The van der Waals surface area contributed by atoms with Gasteiger partial charge < -0.3 is 24.2 Å². The van der Waals surface area contributed by atoms with Crippen LogP contribution in [0.25, 0.3) is 21.8 Å². The van der Waals surface area contributed by atoms with Crippen LogP contribution in [0.4, 0.5) is 10.2 Å². The van der Waals surface area contributed by atoms with Crippen LogP contribution in [0.15, 0.2) is 43.3 Å². The highest BCUT2D eigenvalue weighted by atomic mass is 35.5. The summed E-state index contributed by atoms with van der Waals surface area (Å²) >= 11 is 12.8. The van der Waals surface area contributed by atoms with E-state index in [0.717, 1.165) is 18.5 Å². The van der Waals surface area contributed by atoms with Gasteiger partial charge in [0, 0.05) is 45.0 Å². The van der Waals surface area contributed by atoms with Crippen molar-refractivity contribution in [2.75, 3.05) is 44.7 Å². The number of carbonyl (C=O) groups excluding carboxylic acids is 1. The van der Waals surface area contributed by atoms with E-state index < -0.39 is 5.82 Å². The molecule has 14 heteroatoms. The number of hydrogen-bond donors (Lipinski definition) is 1. The summed E-state index contributed by atoms with van der Waals surface area (Å²) in [7, 11) is 1.98. The lowest BCUT2D eigenvalue weighted by Crippen LogP contribution is -2.48. The maximum absolute atomic E-state index is 14.7. The van der Waals surface area contributed by atoms with Gasteiger partial charge in [-0.05, 0) is 25.0 Å². The molecule has 4 aromatic rings. The molecule has 11 nitrogen and oxygen atoms in total. The maximum Gasteiger partial charge on any atom is 0.319 e. The average molecular weight is 613 g/mol. The van der Waals surface area contributed by atoms with Crippen molar-refractivity contribution in [1.82, 2.24) is 34.9 Å². The van der Waals surface area contributed by atoms with Crippen LogP contribution in [-0.4, -0.2) is 86.7 Å². The van der Waals surface area contributed by atoms with Crippen LogP contribution >= 0.6 is 23.2 Å². The van der Waals surface area contributed by atoms with Gasteiger partial charge in [0.2, 0.25) is 11.8 Å². The number of pyridine rings is 1. The predicted molar refractivity (Wildman–Crippen MR) is 158 cm³/mol. The van der Waals surface area contributed by atoms with E-state index in [4.69, 9.17) is 37.7 Å². The van der Waals surface area contributed by atoms with Crippen LogP contribution < -0.4 is 14.4 Å². The molecule has 0 bridgehead atoms. The number of likely N-dealkylation sites (tertiary alicyclic amines) is 1. The van der Waals surface area contributed by atoms with Crippen molar-refractivity contribution in [3.63, 3.8) is 0 Å². The summed E-state index contributed by atoms with van der Waals surface area (Å²) < 4.78 is 27.0. The summed E-state index contributed by atoms with van der Waals surface area (Å²) in [5.41, 5.74) is 1.74. The molecule has 218 valence electrons. The number of nitrogens with one attached hydrogen (secondary N) is 1. The molecule has 5 heterocycles. The molecule has 0 saturated carbocycles. The zero-order chi connectivity index (χ0) is 29.5. The third kappa shape index (κ3) is 5.16. The maximum atomic E-state index is 14.7. The normalized spacial score (nSPS) is 17.4. The molecule has 42 heavy (non-hydrogen) atoms. The Morgan fingerprint density at radius 1 is 1.19 bits per heavy atom. The molecule has 6 rings (SSSR count). The number of anilines is 1. The number of hydrogen-bond acceptors (Lipinski definition) is 9. The van der Waals surface area contributed by atoms with E-state index in [1.54, 1.807) is 11.0 Å². The standard InChI is InChI=1S/C28H27Cl2FN8O3/c1-4-22(40)38-7-9-39(10-8-38)26-17-11-21(29)33-27(42-25-18-13-32-36-20(18)12-19(31)23(25)30)24(17)34-28(35-26)41-14-16-6-5-15(2)37(16)3/h4,11-13,16H,1-2,5-10,14H2,3H3,(H,32,36). The molecule has 0 aliphatic carbocycles. The monoisotopic (exact) mass is 612 g/mol. The third-order valence-electron chi connectivity index (χ3n) is 7.65. The van der Waals surface area contributed by atoms with Gasteiger partial charge in [0.15, 0.2) is 5.75 Å². The van der Waals surface area contributed by atoms with Gasteiger partial charge in [-0.15, -0.1) is 0 Å². The lowest BCUT2D eigenvalue weighted by Gasteiger charge is -2.35. The van der Waals surface area contributed by atoms with E-state index in [-0.39, 0.29) is 39.8 Å². The molecule has 1 amide bonds. The van der Waals surface area contributed by atoms with Crippen molar-refractivity contribution < 1.29 is 18.7 Å². The SMILES string of the molecule is C=CC(=O)N1CCN(c2nc(OCC3CCC(=C)N3C)nc3c(Oc4c(Cl)c(F)cc5[nH]ncc45)nc(Cl)cc23)CC1. The first-order valence-corrected chi connectivity index (χ1v) is 14.1. The summed E-state index contributed by atoms with van der Waals surface area (Å²) in [5, 5.41) is 7.57. The number of benzene rings is 1. The molecule has 3 aromatic heterocycles. The number of fused-ring (bicyclic) bond motifs is 2. The molecule has 0 radical (unpaired) electrons. The average Bonchev–Trinajstić information content (AvgIpc) is 3.59. The fourth-order valence-corrected chi connectivity index (χ4v) is 5.59. The van der Waals surface area contributed by atoms with Crippen molar-refractivity contribution in [1.29, 1.82) is 0 Å². The van der Waals surface area contributed by atoms with Crippen molar-refractivity contribution in [3.05, 3.63) is 59.3 Å². The Labute approximate surface area is 250 Å². The highest BCUT2D eigenvalue weighted by Crippen LogP contribution is 2.41. The van der Waals surface area contributed by atoms with Gasteiger partial charge in [-0.3, -0.25) is 9.89 Å². The second-order valence-electron chi connectivity index (χ2n) is 10.1. The van der Waals surface area contributed by atoms with Crippen molar-refractivity contribution in [3.8, 4) is 17.6 Å². The fraction of sp³-hybridized carbons (Fsp3) is 0.321. The minimum Gasteiger partial charge on any atom is -0.461 e. The fourth-order valence-electron chi connectivity index (χ4n) is 5.21. The third-order valence-corrected chi connectivity index (χ3v) is 8.20. The molecule has 1 atom stereocenters. The van der Waals surface area contributed by atoms with Gasteiger partial charge in [-0.25, -0.2) is 4.39 Å². The van der Waals surface area contributed by atoms with Crippen molar-refractivity contribution in [2.24, 2.45) is 0 Å². The van der Waals surface area contributed by atoms with Crippen molar-refractivity contribution >= 4 is 56.7 Å². The molecule has 2 aliphatic heterocycles. The number of likely N-dealkylation sites (N-methyl/N-ethyl adjacent to an activating group) is 1. The first kappa shape index (κ1) is 28.0. The molecular weight excluding hydrogens is 586 g/mol. The van der Waals surface area contributed by atoms with Crippen LogP contribution in [0, 0.1) is 5.82 Å². The molecule has 0 spiro atoms. The Morgan fingerprint density at radius 3 is 2.69 bits per heavy atom. The second-order valence-corrected chi connectivity index (χ2v) is 10.9. The van der Waals surface area contributed by atoms with Crippen LogP contribution in [0.3, 0.4) is 0 Å². The first-order valence-electron chi connectivity index (χ1n) is 13.3. The van der Waals surface area contributed by atoms with Crippen LogP contribution in [0.1, 0.15) is 12.8 Å². The van der Waals surface area contributed by atoms with Gasteiger partial charge in [0.1, 0.15) is 33.9 Å². The zero-order valence-electron chi connectivity index (χ0n) is 22.7. The summed E-state index contributed by atoms with van der Waals surface area (Å²) in [6.07, 6.45) is 4.58. The Kier molecular flexibility index (Phi) is 7.50. The summed E-state index contributed by atoms with van der Waals surface area (Å²) in [6, 6.07) is 3.10. The lowest BCUT2D eigenvalue weighted by molar-refractivity contribution is -0.126. The number of H-pyrrole nitrogens is 1. The minimum absolute atomic E-state index is 0.00664. The summed E-state index contributed by atoms with van der Waals surface area (Å²) in [4.78, 5) is 31.8. The van der Waals surface area contributed by atoms with Crippen LogP contribution in [0.5, 0.6) is 17.6 Å². The van der Waals surface area contributed by atoms with Crippen LogP contribution in [-0.2, 0) is 4.79 Å². The Morgan fingerprint density at radius 2 is 1.98 bits per heavy atom. The van der Waals surface area contributed by atoms with Crippen molar-refractivity contribution in [2.45, 2.75) is 18.9 Å². The molecule has 2 fully saturated rings. The number of ether oxygens (including phenoxy) is 2. The number of amides is 1. The number of nitrogens with zero attached hydrogens (tertiary/aromatic N) is 7. The van der Waals surface area contributed by atoms with Gasteiger partial charge in [-0.2, -0.15) is 20.1 Å². The number of piperazine rings is 1. The molecular formula is C28H27Cl2FN8O3. The Hall–Kier alpha value is -4.16. The topological polar surface area (TPSA) is 113 Å². The highest BCUT2D eigenvalue weighted by molar-refractivity contribution is 6.33. The Balaban J connectivity index is 1.43. The quantitative estimate of drug-likeness (QED) is 0.228. The first-order chi connectivity index (χ1) is 20.2. The van der Waals surface area contributed by atoms with Gasteiger partial charge in [0.05, 0.1) is 28.5 Å². The second kappa shape index (κ2) is 11.3. The van der Waals surface area contributed by atoms with Gasteiger partial charge >= 0.3 is 6.01 Å². The Bertz CT molecular complexity index is 1720. The smallest absolute Gasteiger partial charge is 0.319 e. The number of halogens is 3. The van der Waals surface area contributed by atoms with E-state index in [1.807, 2.05) is 11.9 Å². The lowest BCUT2D eigenvalue weighted by atomic mass is 10.2. The summed E-state index contributed by atoms with van der Waals surface area (Å²) in [6.45, 7) is 9.95. The van der Waals surface area contributed by atoms with E-state index in [9.17, 15) is 9.18 Å². The van der Waals surface area contributed by atoms with E-state index >= 15 is 0 Å². The predicted octanol–water partition coefficient (Wildman–Crippen LogP) is 4.96. The number of aromatic amines is 1. The minimum atomic E-state index is -0.691. The zero-order valence-corrected chi connectivity index (χ0v) is 24.3. The number of carbonyl (C=O) groups is 1. The van der Waals surface area contributed by atoms with E-state index in [1.165, 1.54) is 18.3 Å². The highest BCUT2D eigenvalue weighted by Gasteiger charge is 2.28. The molecule has 1 N–H and O–H groups in total. The van der Waals surface area contributed by atoms with Crippen LogP contribution in [0.2, 0.25) is 10.2 Å². The van der Waals surface area contributed by atoms with E-state index in [0.29, 0.717) is 60.4 Å². The number of allylic oxidation sites excluding steroid dienone is 1.